The lowest BCUT2D eigenvalue weighted by molar-refractivity contribution is 0.0730. The van der Waals surface area contributed by atoms with Crippen LogP contribution in [-0.2, 0) is 14.8 Å². The molecule has 0 spiro atoms. The van der Waals surface area contributed by atoms with E-state index >= 15 is 0 Å². The Morgan fingerprint density at radius 3 is 2.62 bits per heavy atom. The first-order valence-electron chi connectivity index (χ1n) is 8.59. The van der Waals surface area contributed by atoms with E-state index in [0.717, 1.165) is 23.5 Å². The van der Waals surface area contributed by atoms with Crippen molar-refractivity contribution < 1.29 is 26.7 Å². The first kappa shape index (κ1) is 19.8. The molecule has 0 aliphatic carbocycles. The topological polar surface area (TPSA) is 88.6 Å². The quantitative estimate of drug-likeness (QED) is 0.675. The number of ether oxygens (including phenoxy) is 1. The van der Waals surface area contributed by atoms with Crippen LogP contribution in [0.1, 0.15) is 10.4 Å². The number of amides is 1. The smallest absolute Gasteiger partial charge is 0.257 e. The van der Waals surface area contributed by atoms with Gasteiger partial charge in [-0.1, -0.05) is 17.4 Å². The Morgan fingerprint density at radius 2 is 1.86 bits per heavy atom. The fourth-order valence-electron chi connectivity index (χ4n) is 2.88. The number of benzene rings is 2. The van der Waals surface area contributed by atoms with Crippen LogP contribution in [0.25, 0.3) is 10.2 Å². The molecule has 1 N–H and O–H groups in total. The lowest BCUT2D eigenvalue weighted by Gasteiger charge is -2.26. The van der Waals surface area contributed by atoms with Crippen LogP contribution in [0.2, 0.25) is 0 Å². The largest absolute Gasteiger partial charge is 0.379 e. The van der Waals surface area contributed by atoms with E-state index in [2.05, 4.69) is 10.3 Å². The summed E-state index contributed by atoms with van der Waals surface area (Å²) in [5.74, 6) is -2.61. The molecule has 0 bridgehead atoms. The minimum absolute atomic E-state index is 0.000456. The number of anilines is 1. The van der Waals surface area contributed by atoms with Gasteiger partial charge < -0.3 is 4.74 Å². The molecule has 2 heterocycles. The van der Waals surface area contributed by atoms with Crippen molar-refractivity contribution in [1.82, 2.24) is 9.29 Å². The molecule has 3 aromatic rings. The monoisotopic (exact) mass is 439 g/mol. The van der Waals surface area contributed by atoms with Crippen molar-refractivity contribution in [3.63, 3.8) is 0 Å². The molecule has 1 aliphatic heterocycles. The number of sulfonamides is 1. The molecule has 4 rings (SSSR count). The van der Waals surface area contributed by atoms with Gasteiger partial charge in [0.1, 0.15) is 0 Å². The van der Waals surface area contributed by atoms with Crippen molar-refractivity contribution in [2.75, 3.05) is 31.6 Å². The second-order valence-corrected chi connectivity index (χ2v) is 9.22. The van der Waals surface area contributed by atoms with E-state index in [1.165, 1.54) is 28.6 Å². The lowest BCUT2D eigenvalue weighted by Crippen LogP contribution is -2.40. The zero-order valence-corrected chi connectivity index (χ0v) is 16.5. The van der Waals surface area contributed by atoms with Crippen LogP contribution in [0.3, 0.4) is 0 Å². The zero-order valence-electron chi connectivity index (χ0n) is 14.9. The van der Waals surface area contributed by atoms with Gasteiger partial charge in [-0.3, -0.25) is 10.1 Å². The zero-order chi connectivity index (χ0) is 20.6. The number of fused-ring (bicyclic) bond motifs is 1. The highest BCUT2D eigenvalue weighted by atomic mass is 32.2. The van der Waals surface area contributed by atoms with Gasteiger partial charge in [-0.2, -0.15) is 4.31 Å². The van der Waals surface area contributed by atoms with Gasteiger partial charge in [0.25, 0.3) is 5.91 Å². The molecular formula is C18H15F2N3O4S2. The number of thiazole rings is 1. The molecule has 1 aromatic heterocycles. The lowest BCUT2D eigenvalue weighted by atomic mass is 10.2. The summed E-state index contributed by atoms with van der Waals surface area (Å²) in [6.07, 6.45) is 0. The molecule has 0 saturated carbocycles. The van der Waals surface area contributed by atoms with Gasteiger partial charge in [0.05, 0.1) is 28.3 Å². The maximum atomic E-state index is 13.3. The van der Waals surface area contributed by atoms with E-state index in [1.807, 2.05) is 0 Å². The molecule has 1 fully saturated rings. The van der Waals surface area contributed by atoms with Gasteiger partial charge in [-0.15, -0.1) is 0 Å². The van der Waals surface area contributed by atoms with Crippen LogP contribution < -0.4 is 5.32 Å². The summed E-state index contributed by atoms with van der Waals surface area (Å²) in [7, 11) is -3.74. The van der Waals surface area contributed by atoms with E-state index < -0.39 is 27.6 Å². The standard InChI is InChI=1S/C18H15F2N3O4S2/c19-13-9-15-16(10-14(13)20)28-18(21-15)22-17(24)11-2-1-3-12(8-11)29(25,26)23-4-6-27-7-5-23/h1-3,8-10H,4-7H2,(H,21,22,24). The third kappa shape index (κ3) is 3.99. The first-order valence-corrected chi connectivity index (χ1v) is 10.9. The average Bonchev–Trinajstić information content (AvgIpc) is 3.10. The molecule has 1 amide bonds. The summed E-state index contributed by atoms with van der Waals surface area (Å²) in [4.78, 5) is 16.6. The third-order valence-electron chi connectivity index (χ3n) is 4.36. The predicted molar refractivity (Wildman–Crippen MR) is 104 cm³/mol. The number of rotatable bonds is 4. The fraction of sp³-hybridized carbons (Fsp3) is 0.222. The summed E-state index contributed by atoms with van der Waals surface area (Å²) < 4.78 is 59.1. The van der Waals surface area contributed by atoms with E-state index in [-0.39, 0.29) is 34.2 Å². The van der Waals surface area contributed by atoms with Gasteiger partial charge >= 0.3 is 0 Å². The highest BCUT2D eigenvalue weighted by Gasteiger charge is 2.27. The van der Waals surface area contributed by atoms with Crippen LogP contribution in [0.4, 0.5) is 13.9 Å². The molecule has 0 radical (unpaired) electrons. The van der Waals surface area contributed by atoms with Gasteiger partial charge in [0.15, 0.2) is 16.8 Å². The third-order valence-corrected chi connectivity index (χ3v) is 7.18. The Balaban J connectivity index is 1.57. The van der Waals surface area contributed by atoms with Gasteiger partial charge in [0.2, 0.25) is 10.0 Å². The number of aromatic nitrogens is 1. The van der Waals surface area contributed by atoms with Gasteiger partial charge in [-0.05, 0) is 24.3 Å². The number of hydrogen-bond acceptors (Lipinski definition) is 6. The number of halogens is 2. The van der Waals surface area contributed by atoms with Crippen molar-refractivity contribution in [1.29, 1.82) is 0 Å². The van der Waals surface area contributed by atoms with Crippen LogP contribution in [0.5, 0.6) is 0 Å². The SMILES string of the molecule is O=C(Nc1nc2cc(F)c(F)cc2s1)c1cccc(S(=O)(=O)N2CCOCC2)c1. The summed E-state index contributed by atoms with van der Waals surface area (Å²) in [6.45, 7) is 1.13. The summed E-state index contributed by atoms with van der Waals surface area (Å²) in [5.41, 5.74) is 0.337. The number of hydrogen-bond donors (Lipinski definition) is 1. The Bertz CT molecular complexity index is 1150. The normalized spacial score (nSPS) is 15.5. The molecule has 11 heteroatoms. The van der Waals surface area contributed by atoms with Crippen molar-refractivity contribution >= 4 is 42.6 Å². The first-order chi connectivity index (χ1) is 13.8. The molecule has 152 valence electrons. The second kappa shape index (κ2) is 7.75. The summed E-state index contributed by atoms with van der Waals surface area (Å²) in [6, 6.07) is 7.61. The average molecular weight is 439 g/mol. The highest BCUT2D eigenvalue weighted by molar-refractivity contribution is 7.89. The molecule has 29 heavy (non-hydrogen) atoms. The Hall–Kier alpha value is -2.47. The molecule has 2 aromatic carbocycles. The van der Waals surface area contributed by atoms with Crippen LogP contribution >= 0.6 is 11.3 Å². The predicted octanol–water partition coefficient (Wildman–Crippen LogP) is 2.85. The minimum Gasteiger partial charge on any atom is -0.379 e. The van der Waals surface area contributed by atoms with Crippen molar-refractivity contribution in [2.45, 2.75) is 4.90 Å². The number of carbonyl (C=O) groups is 1. The molecule has 0 unspecified atom stereocenters. The Morgan fingerprint density at radius 1 is 1.14 bits per heavy atom. The maximum Gasteiger partial charge on any atom is 0.257 e. The maximum absolute atomic E-state index is 13.3. The molecular weight excluding hydrogens is 424 g/mol. The number of carbonyl (C=O) groups excluding carboxylic acids is 1. The summed E-state index contributed by atoms with van der Waals surface area (Å²) in [5, 5.41) is 2.69. The summed E-state index contributed by atoms with van der Waals surface area (Å²) >= 11 is 0.986. The number of nitrogens with zero attached hydrogens (tertiary/aromatic N) is 2. The Kier molecular flexibility index (Phi) is 5.30. The van der Waals surface area contributed by atoms with Gasteiger partial charge in [-0.25, -0.2) is 22.2 Å². The van der Waals surface area contributed by atoms with Crippen LogP contribution in [-0.4, -0.2) is 49.9 Å². The van der Waals surface area contributed by atoms with Crippen molar-refractivity contribution in [3.05, 3.63) is 53.6 Å². The Labute approximate surface area is 169 Å². The van der Waals surface area contributed by atoms with E-state index in [4.69, 9.17) is 4.74 Å². The van der Waals surface area contributed by atoms with E-state index in [0.29, 0.717) is 17.9 Å². The van der Waals surface area contributed by atoms with Crippen molar-refractivity contribution in [3.8, 4) is 0 Å². The minimum atomic E-state index is -3.74. The van der Waals surface area contributed by atoms with Crippen LogP contribution in [0.15, 0.2) is 41.3 Å². The van der Waals surface area contributed by atoms with E-state index in [9.17, 15) is 22.0 Å². The molecule has 7 nitrogen and oxygen atoms in total. The molecule has 1 aliphatic rings. The molecule has 0 atom stereocenters. The number of morpholine rings is 1. The highest BCUT2D eigenvalue weighted by Crippen LogP contribution is 2.28. The fourth-order valence-corrected chi connectivity index (χ4v) is 5.20. The van der Waals surface area contributed by atoms with E-state index in [1.54, 1.807) is 0 Å². The van der Waals surface area contributed by atoms with Crippen molar-refractivity contribution in [2.24, 2.45) is 0 Å². The number of nitrogens with one attached hydrogen (secondary N) is 1. The van der Waals surface area contributed by atoms with Crippen LogP contribution in [0, 0.1) is 11.6 Å². The molecule has 1 saturated heterocycles. The second-order valence-electron chi connectivity index (χ2n) is 6.25. The van der Waals surface area contributed by atoms with Gasteiger partial charge in [0, 0.05) is 24.7 Å².